The predicted octanol–water partition coefficient (Wildman–Crippen LogP) is -0.367. The summed E-state index contributed by atoms with van der Waals surface area (Å²) in [5.74, 6) is -0.450. The largest absolute Gasteiger partial charge is 0.454 e. The Morgan fingerprint density at radius 3 is 2.73 bits per heavy atom. The van der Waals surface area contributed by atoms with Gasteiger partial charge < -0.3 is 19.3 Å². The monoisotopic (exact) mass is 214 g/mol. The SMILES string of the molecule is C=C(C)C(=O)O[C@H]1CO[C@H]2[C@@H]1OC[C@@H]2O. The molecule has 0 aliphatic carbocycles. The van der Waals surface area contributed by atoms with E-state index in [0.717, 1.165) is 0 Å². The van der Waals surface area contributed by atoms with Crippen LogP contribution in [0.25, 0.3) is 0 Å². The summed E-state index contributed by atoms with van der Waals surface area (Å²) in [7, 11) is 0. The molecule has 2 rings (SSSR count). The van der Waals surface area contributed by atoms with Crippen molar-refractivity contribution >= 4 is 5.97 Å². The molecule has 2 saturated heterocycles. The second-order valence-electron chi connectivity index (χ2n) is 3.89. The third kappa shape index (κ3) is 1.90. The standard InChI is InChI=1S/C10H14O5/c1-5(2)10(12)15-7-4-14-8-6(11)3-13-9(7)8/h6-9,11H,1,3-4H2,2H3/t6-,7-,8+,9+/m0/s1. The van der Waals surface area contributed by atoms with Crippen molar-refractivity contribution in [3.63, 3.8) is 0 Å². The van der Waals surface area contributed by atoms with Crippen LogP contribution in [0.4, 0.5) is 0 Å². The number of ether oxygens (including phenoxy) is 3. The minimum absolute atomic E-state index is 0.233. The molecule has 0 bridgehead atoms. The second-order valence-corrected chi connectivity index (χ2v) is 3.89. The maximum absolute atomic E-state index is 11.3. The van der Waals surface area contributed by atoms with E-state index in [1.807, 2.05) is 0 Å². The first-order valence-electron chi connectivity index (χ1n) is 4.87. The van der Waals surface area contributed by atoms with Gasteiger partial charge in [-0.3, -0.25) is 0 Å². The summed E-state index contributed by atoms with van der Waals surface area (Å²) >= 11 is 0. The average molecular weight is 214 g/mol. The lowest BCUT2D eigenvalue weighted by Crippen LogP contribution is -2.34. The van der Waals surface area contributed by atoms with Gasteiger partial charge in [-0.15, -0.1) is 0 Å². The normalized spacial score (nSPS) is 38.8. The van der Waals surface area contributed by atoms with Gasteiger partial charge in [0.25, 0.3) is 0 Å². The summed E-state index contributed by atoms with van der Waals surface area (Å²) in [5.41, 5.74) is 0.344. The van der Waals surface area contributed by atoms with Crippen molar-refractivity contribution in [2.45, 2.75) is 31.3 Å². The topological polar surface area (TPSA) is 65.0 Å². The van der Waals surface area contributed by atoms with Crippen molar-refractivity contribution in [3.05, 3.63) is 12.2 Å². The van der Waals surface area contributed by atoms with E-state index < -0.39 is 18.2 Å². The number of carbonyl (C=O) groups is 1. The van der Waals surface area contributed by atoms with Crippen LogP contribution in [0.1, 0.15) is 6.92 Å². The van der Waals surface area contributed by atoms with Crippen LogP contribution >= 0.6 is 0 Å². The number of fused-ring (bicyclic) bond motifs is 1. The molecular weight excluding hydrogens is 200 g/mol. The Balaban J connectivity index is 1.95. The molecule has 0 unspecified atom stereocenters. The highest BCUT2D eigenvalue weighted by atomic mass is 16.6. The van der Waals surface area contributed by atoms with Gasteiger partial charge in [0.15, 0.2) is 6.10 Å². The first kappa shape index (κ1) is 10.6. The molecule has 84 valence electrons. The molecule has 2 aliphatic heterocycles. The van der Waals surface area contributed by atoms with E-state index in [-0.39, 0.29) is 25.4 Å². The first-order chi connectivity index (χ1) is 7.09. The zero-order valence-electron chi connectivity index (χ0n) is 8.51. The van der Waals surface area contributed by atoms with E-state index in [1.54, 1.807) is 6.92 Å². The molecule has 0 aromatic rings. The van der Waals surface area contributed by atoms with Crippen molar-refractivity contribution in [3.8, 4) is 0 Å². The van der Waals surface area contributed by atoms with Crippen molar-refractivity contribution < 1.29 is 24.1 Å². The summed E-state index contributed by atoms with van der Waals surface area (Å²) in [6.45, 7) is 5.58. The molecule has 15 heavy (non-hydrogen) atoms. The van der Waals surface area contributed by atoms with Crippen LogP contribution in [0.5, 0.6) is 0 Å². The Labute approximate surface area is 87.6 Å². The summed E-state index contributed by atoms with van der Waals surface area (Å²) in [4.78, 5) is 11.3. The number of aliphatic hydroxyl groups is 1. The number of hydrogen-bond acceptors (Lipinski definition) is 5. The van der Waals surface area contributed by atoms with Crippen molar-refractivity contribution in [1.82, 2.24) is 0 Å². The zero-order chi connectivity index (χ0) is 11.0. The molecule has 0 aromatic carbocycles. The first-order valence-corrected chi connectivity index (χ1v) is 4.87. The van der Waals surface area contributed by atoms with Crippen LogP contribution in [0.2, 0.25) is 0 Å². The quantitative estimate of drug-likeness (QED) is 0.502. The van der Waals surface area contributed by atoms with Crippen molar-refractivity contribution in [2.24, 2.45) is 0 Å². The van der Waals surface area contributed by atoms with E-state index in [0.29, 0.717) is 5.57 Å². The Hall–Kier alpha value is -0.910. The minimum Gasteiger partial charge on any atom is -0.454 e. The molecule has 0 spiro atoms. The van der Waals surface area contributed by atoms with Gasteiger partial charge in [-0.2, -0.15) is 0 Å². The Kier molecular flexibility index (Phi) is 2.77. The van der Waals surface area contributed by atoms with Gasteiger partial charge >= 0.3 is 5.97 Å². The van der Waals surface area contributed by atoms with Gasteiger partial charge in [-0.25, -0.2) is 4.79 Å². The third-order valence-corrected chi connectivity index (χ3v) is 2.59. The average Bonchev–Trinajstić information content (AvgIpc) is 2.71. The molecule has 0 saturated carbocycles. The molecule has 2 heterocycles. The van der Waals surface area contributed by atoms with Crippen LogP contribution in [-0.4, -0.2) is 48.7 Å². The number of esters is 1. The Bertz CT molecular complexity index is 288. The zero-order valence-corrected chi connectivity index (χ0v) is 8.51. The van der Waals surface area contributed by atoms with Crippen LogP contribution in [0, 0.1) is 0 Å². The van der Waals surface area contributed by atoms with E-state index in [1.165, 1.54) is 0 Å². The molecule has 5 heteroatoms. The fraction of sp³-hybridized carbons (Fsp3) is 0.700. The molecular formula is C10H14O5. The molecule has 2 aliphatic rings. The van der Waals surface area contributed by atoms with Crippen LogP contribution in [0.3, 0.4) is 0 Å². The van der Waals surface area contributed by atoms with Gasteiger partial charge in [0.1, 0.15) is 18.3 Å². The highest BCUT2D eigenvalue weighted by molar-refractivity contribution is 5.87. The Morgan fingerprint density at radius 1 is 1.40 bits per heavy atom. The highest BCUT2D eigenvalue weighted by Gasteiger charge is 2.48. The molecule has 0 radical (unpaired) electrons. The number of rotatable bonds is 2. The molecule has 1 N–H and O–H groups in total. The van der Waals surface area contributed by atoms with Crippen molar-refractivity contribution in [1.29, 1.82) is 0 Å². The van der Waals surface area contributed by atoms with Crippen molar-refractivity contribution in [2.75, 3.05) is 13.2 Å². The van der Waals surface area contributed by atoms with E-state index in [9.17, 15) is 9.90 Å². The lowest BCUT2D eigenvalue weighted by Gasteiger charge is -2.16. The molecule has 0 amide bonds. The molecule has 0 aromatic heterocycles. The molecule has 4 atom stereocenters. The van der Waals surface area contributed by atoms with Crippen LogP contribution in [0.15, 0.2) is 12.2 Å². The smallest absolute Gasteiger partial charge is 0.333 e. The van der Waals surface area contributed by atoms with E-state index in [4.69, 9.17) is 14.2 Å². The summed E-state index contributed by atoms with van der Waals surface area (Å²) in [6, 6.07) is 0. The number of carbonyl (C=O) groups excluding carboxylic acids is 1. The van der Waals surface area contributed by atoms with Gasteiger partial charge in [-0.1, -0.05) is 6.58 Å². The summed E-state index contributed by atoms with van der Waals surface area (Å²) in [6.07, 6.45) is -1.77. The van der Waals surface area contributed by atoms with E-state index >= 15 is 0 Å². The number of hydrogen-bond donors (Lipinski definition) is 1. The van der Waals surface area contributed by atoms with Gasteiger partial charge in [0.2, 0.25) is 0 Å². The van der Waals surface area contributed by atoms with Gasteiger partial charge in [0.05, 0.1) is 13.2 Å². The van der Waals surface area contributed by atoms with Gasteiger partial charge in [0, 0.05) is 5.57 Å². The van der Waals surface area contributed by atoms with E-state index in [2.05, 4.69) is 6.58 Å². The lowest BCUT2D eigenvalue weighted by atomic mass is 10.1. The molecule has 2 fully saturated rings. The minimum atomic E-state index is -0.622. The van der Waals surface area contributed by atoms with Gasteiger partial charge in [-0.05, 0) is 6.92 Å². The number of aliphatic hydroxyl groups excluding tert-OH is 1. The Morgan fingerprint density at radius 2 is 2.07 bits per heavy atom. The van der Waals surface area contributed by atoms with Crippen LogP contribution in [-0.2, 0) is 19.0 Å². The lowest BCUT2D eigenvalue weighted by molar-refractivity contribution is -0.148. The second kappa shape index (κ2) is 3.92. The maximum atomic E-state index is 11.3. The summed E-state index contributed by atoms with van der Waals surface area (Å²) < 4.78 is 15.7. The summed E-state index contributed by atoms with van der Waals surface area (Å²) in [5, 5.41) is 9.45. The third-order valence-electron chi connectivity index (χ3n) is 2.59. The maximum Gasteiger partial charge on any atom is 0.333 e. The fourth-order valence-corrected chi connectivity index (χ4v) is 1.78. The predicted molar refractivity (Wildman–Crippen MR) is 50.2 cm³/mol. The van der Waals surface area contributed by atoms with Crippen LogP contribution < -0.4 is 0 Å². The highest BCUT2D eigenvalue weighted by Crippen LogP contribution is 2.28. The fourth-order valence-electron chi connectivity index (χ4n) is 1.78. The molecule has 5 nitrogen and oxygen atoms in total.